The van der Waals surface area contributed by atoms with Crippen LogP contribution in [0.2, 0.25) is 0 Å². The number of benzene rings is 7. The Bertz CT molecular complexity index is 2770. The van der Waals surface area contributed by atoms with Crippen molar-refractivity contribution in [2.24, 2.45) is 4.99 Å². The lowest BCUT2D eigenvalue weighted by Gasteiger charge is -2.24. The first-order valence-electron chi connectivity index (χ1n) is 16.9. The molecule has 236 valence electrons. The SMILES string of the molecule is C1=C(c2cccc(-c3cccc4c3oc3cc5oc6c(-c7ccccc7)cccc6c5cc34)c2)N=C(c2ccccc2)NC1c1ccccc1. The van der Waals surface area contributed by atoms with Crippen LogP contribution in [0.4, 0.5) is 0 Å². The van der Waals surface area contributed by atoms with Crippen molar-refractivity contribution in [1.29, 1.82) is 0 Å². The molecular weight excluding hydrogens is 613 g/mol. The first-order valence-corrected chi connectivity index (χ1v) is 16.9. The minimum atomic E-state index is -0.0144. The van der Waals surface area contributed by atoms with Crippen molar-refractivity contribution in [3.8, 4) is 22.3 Å². The van der Waals surface area contributed by atoms with Crippen LogP contribution in [0.25, 0.3) is 71.8 Å². The zero-order valence-electron chi connectivity index (χ0n) is 27.0. The summed E-state index contributed by atoms with van der Waals surface area (Å²) in [7, 11) is 0. The Hall–Kier alpha value is -6.65. The number of hydrogen-bond donors (Lipinski definition) is 1. The van der Waals surface area contributed by atoms with Gasteiger partial charge in [0.2, 0.25) is 0 Å². The van der Waals surface area contributed by atoms with Gasteiger partial charge < -0.3 is 14.2 Å². The predicted molar refractivity (Wildman–Crippen MR) is 205 cm³/mol. The molecule has 50 heavy (non-hydrogen) atoms. The Kier molecular flexibility index (Phi) is 6.53. The molecule has 1 N–H and O–H groups in total. The van der Waals surface area contributed by atoms with Gasteiger partial charge in [-0.1, -0.05) is 146 Å². The molecule has 7 aromatic carbocycles. The summed E-state index contributed by atoms with van der Waals surface area (Å²) >= 11 is 0. The average Bonchev–Trinajstić information content (AvgIpc) is 3.75. The van der Waals surface area contributed by atoms with Crippen molar-refractivity contribution in [3.05, 3.63) is 187 Å². The van der Waals surface area contributed by atoms with Crippen molar-refractivity contribution in [2.75, 3.05) is 0 Å². The van der Waals surface area contributed by atoms with E-state index in [1.807, 2.05) is 36.4 Å². The van der Waals surface area contributed by atoms with Crippen LogP contribution in [0.5, 0.6) is 0 Å². The van der Waals surface area contributed by atoms with Gasteiger partial charge in [-0.15, -0.1) is 0 Å². The molecule has 0 bridgehead atoms. The van der Waals surface area contributed by atoms with E-state index in [1.54, 1.807) is 0 Å². The van der Waals surface area contributed by atoms with E-state index in [0.29, 0.717) is 0 Å². The number of nitrogens with zero attached hydrogens (tertiary/aromatic N) is 1. The second-order valence-corrected chi connectivity index (χ2v) is 12.8. The lowest BCUT2D eigenvalue weighted by Crippen LogP contribution is -2.31. The first kappa shape index (κ1) is 28.4. The van der Waals surface area contributed by atoms with Gasteiger partial charge in [-0.25, -0.2) is 4.99 Å². The molecule has 1 aliphatic heterocycles. The molecule has 1 atom stereocenters. The molecule has 0 fully saturated rings. The lowest BCUT2D eigenvalue weighted by molar-refractivity contribution is 0.657. The van der Waals surface area contributed by atoms with Gasteiger partial charge in [0.05, 0.1) is 11.7 Å². The van der Waals surface area contributed by atoms with Crippen LogP contribution in [0.3, 0.4) is 0 Å². The van der Waals surface area contributed by atoms with Crippen molar-refractivity contribution >= 4 is 55.4 Å². The zero-order chi connectivity index (χ0) is 33.0. The van der Waals surface area contributed by atoms with Gasteiger partial charge in [0.15, 0.2) is 0 Å². The van der Waals surface area contributed by atoms with Gasteiger partial charge in [0.25, 0.3) is 0 Å². The average molecular weight is 643 g/mol. The van der Waals surface area contributed by atoms with Gasteiger partial charge >= 0.3 is 0 Å². The van der Waals surface area contributed by atoms with Gasteiger partial charge in [0, 0.05) is 49.9 Å². The standard InChI is InChI=1S/C46H30N2O2/c1-4-13-29(14-5-1)34-21-11-23-36-38-26-39-37-24-12-22-35(45(37)50-43(39)28-42(38)49-44(34)36)32-19-10-20-33(25-32)41-27-40(30-15-6-2-7-16-30)47-46(48-41)31-17-8-3-9-18-31/h1-28,40H,(H,47,48). The van der Waals surface area contributed by atoms with E-state index in [2.05, 4.69) is 139 Å². The molecule has 9 aromatic rings. The molecule has 4 heteroatoms. The highest BCUT2D eigenvalue weighted by Gasteiger charge is 2.21. The normalized spacial score (nSPS) is 14.6. The Morgan fingerprint density at radius 3 is 1.64 bits per heavy atom. The van der Waals surface area contributed by atoms with Crippen LogP contribution in [0, 0.1) is 0 Å². The molecule has 2 aromatic heterocycles. The van der Waals surface area contributed by atoms with Gasteiger partial charge in [0.1, 0.15) is 28.2 Å². The molecule has 10 rings (SSSR count). The number of amidine groups is 1. The number of furan rings is 2. The molecule has 0 amide bonds. The molecule has 0 saturated heterocycles. The van der Waals surface area contributed by atoms with E-state index in [4.69, 9.17) is 13.8 Å². The summed E-state index contributed by atoms with van der Waals surface area (Å²) in [6, 6.07) is 56.8. The lowest BCUT2D eigenvalue weighted by atomic mass is 9.97. The Morgan fingerprint density at radius 2 is 0.980 bits per heavy atom. The van der Waals surface area contributed by atoms with Crippen LogP contribution in [-0.2, 0) is 0 Å². The number of para-hydroxylation sites is 2. The highest BCUT2D eigenvalue weighted by atomic mass is 16.3. The second-order valence-electron chi connectivity index (χ2n) is 12.8. The van der Waals surface area contributed by atoms with Crippen LogP contribution in [0.1, 0.15) is 22.7 Å². The first-order chi connectivity index (χ1) is 24.8. The third-order valence-corrected chi connectivity index (χ3v) is 9.73. The Balaban J connectivity index is 1.09. The summed E-state index contributed by atoms with van der Waals surface area (Å²) in [6.07, 6.45) is 2.21. The number of hydrogen-bond acceptors (Lipinski definition) is 4. The largest absolute Gasteiger partial charge is 0.455 e. The minimum absolute atomic E-state index is 0.0144. The van der Waals surface area contributed by atoms with Crippen LogP contribution in [0.15, 0.2) is 184 Å². The van der Waals surface area contributed by atoms with E-state index in [0.717, 1.165) is 88.8 Å². The smallest absolute Gasteiger partial charge is 0.143 e. The maximum absolute atomic E-state index is 6.68. The van der Waals surface area contributed by atoms with Crippen molar-refractivity contribution in [3.63, 3.8) is 0 Å². The highest BCUT2D eigenvalue weighted by Crippen LogP contribution is 2.42. The van der Waals surface area contributed by atoms with E-state index < -0.39 is 0 Å². The van der Waals surface area contributed by atoms with E-state index in [-0.39, 0.29) is 6.04 Å². The fourth-order valence-corrected chi connectivity index (χ4v) is 7.29. The fourth-order valence-electron chi connectivity index (χ4n) is 7.29. The maximum Gasteiger partial charge on any atom is 0.143 e. The topological polar surface area (TPSA) is 50.7 Å². The number of aliphatic imine (C=N–C) groups is 1. The zero-order valence-corrected chi connectivity index (χ0v) is 27.0. The van der Waals surface area contributed by atoms with Crippen molar-refractivity contribution < 1.29 is 8.83 Å². The molecular formula is C46H30N2O2. The number of nitrogens with one attached hydrogen (secondary N) is 1. The molecule has 1 aliphatic rings. The summed E-state index contributed by atoms with van der Waals surface area (Å²) in [5, 5.41) is 7.98. The Morgan fingerprint density at radius 1 is 0.440 bits per heavy atom. The van der Waals surface area contributed by atoms with Crippen LogP contribution in [-0.4, -0.2) is 5.84 Å². The summed E-state index contributed by atoms with van der Waals surface area (Å²) in [5.74, 6) is 0.856. The number of fused-ring (bicyclic) bond motifs is 6. The van der Waals surface area contributed by atoms with E-state index in [1.165, 1.54) is 5.56 Å². The third-order valence-electron chi connectivity index (χ3n) is 9.73. The molecule has 1 unspecified atom stereocenters. The van der Waals surface area contributed by atoms with Crippen LogP contribution >= 0.6 is 0 Å². The summed E-state index contributed by atoms with van der Waals surface area (Å²) in [4.78, 5) is 5.14. The van der Waals surface area contributed by atoms with Gasteiger partial charge in [-0.05, 0) is 34.9 Å². The van der Waals surface area contributed by atoms with Gasteiger partial charge in [-0.2, -0.15) is 0 Å². The molecule has 0 spiro atoms. The predicted octanol–water partition coefficient (Wildman–Crippen LogP) is 12.0. The molecule has 0 aliphatic carbocycles. The minimum Gasteiger partial charge on any atom is -0.455 e. The number of rotatable bonds is 5. The van der Waals surface area contributed by atoms with E-state index >= 15 is 0 Å². The van der Waals surface area contributed by atoms with Crippen molar-refractivity contribution in [1.82, 2.24) is 5.32 Å². The molecule has 4 nitrogen and oxygen atoms in total. The monoisotopic (exact) mass is 642 g/mol. The molecule has 0 radical (unpaired) electrons. The summed E-state index contributed by atoms with van der Waals surface area (Å²) < 4.78 is 13.2. The fraction of sp³-hybridized carbons (Fsp3) is 0.0217. The molecule has 3 heterocycles. The van der Waals surface area contributed by atoms with Crippen LogP contribution < -0.4 is 5.32 Å². The summed E-state index contributed by atoms with van der Waals surface area (Å²) in [6.45, 7) is 0. The highest BCUT2D eigenvalue weighted by molar-refractivity contribution is 6.18. The molecule has 0 saturated carbocycles. The van der Waals surface area contributed by atoms with Crippen molar-refractivity contribution in [2.45, 2.75) is 6.04 Å². The van der Waals surface area contributed by atoms with E-state index in [9.17, 15) is 0 Å². The summed E-state index contributed by atoms with van der Waals surface area (Å²) in [5.41, 5.74) is 11.9. The maximum atomic E-state index is 6.68. The second kappa shape index (κ2) is 11.5. The van der Waals surface area contributed by atoms with Gasteiger partial charge in [-0.3, -0.25) is 0 Å². The Labute approximate surface area is 288 Å². The third kappa shape index (κ3) is 4.73. The quantitative estimate of drug-likeness (QED) is 0.203.